The molecular weight excluding hydrogens is 231 g/mol. The average molecular weight is 248 g/mol. The van der Waals surface area contributed by atoms with E-state index in [0.29, 0.717) is 25.1 Å². The summed E-state index contributed by atoms with van der Waals surface area (Å²) in [6.07, 6.45) is 1.09. The molecule has 3 nitrogen and oxygen atoms in total. The Morgan fingerprint density at radius 3 is 2.72 bits per heavy atom. The number of nitrogens with zero attached hydrogens (tertiary/aromatic N) is 1. The molecule has 1 heterocycles. The first-order chi connectivity index (χ1) is 8.46. The Bertz CT molecular complexity index is 481. The molecule has 0 bridgehead atoms. The van der Waals surface area contributed by atoms with E-state index in [9.17, 15) is 9.65 Å². The molecule has 1 fully saturated rings. The van der Waals surface area contributed by atoms with Crippen molar-refractivity contribution in [2.24, 2.45) is 0 Å². The van der Waals surface area contributed by atoms with E-state index in [0.717, 1.165) is 0 Å². The molecule has 1 aromatic rings. The van der Waals surface area contributed by atoms with Crippen LogP contribution in [0.1, 0.15) is 26.7 Å². The van der Waals surface area contributed by atoms with Gasteiger partial charge in [0.15, 0.2) is 0 Å². The lowest BCUT2D eigenvalue weighted by atomic mass is 9.82. The summed E-state index contributed by atoms with van der Waals surface area (Å²) in [6, 6.07) is 8.71. The van der Waals surface area contributed by atoms with Gasteiger partial charge in [0, 0.05) is 12.8 Å². The van der Waals surface area contributed by atoms with Crippen molar-refractivity contribution >= 4 is 5.69 Å². The molecule has 0 radical (unpaired) electrons. The van der Waals surface area contributed by atoms with E-state index >= 15 is 0 Å². The fraction of sp³-hybridized carbons (Fsp3) is 0.500. The molecule has 96 valence electrons. The van der Waals surface area contributed by atoms with Gasteiger partial charge in [0.25, 0.3) is 0 Å². The Hall–Kier alpha value is -1.60. The minimum absolute atomic E-state index is 0.337. The number of nitriles is 1. The van der Waals surface area contributed by atoms with Crippen LogP contribution in [-0.2, 0) is 4.74 Å². The Morgan fingerprint density at radius 2 is 2.11 bits per heavy atom. The third-order valence-electron chi connectivity index (χ3n) is 3.21. The topological polar surface area (TPSA) is 45.0 Å². The van der Waals surface area contributed by atoms with Gasteiger partial charge in [-0.15, -0.1) is 0 Å². The first-order valence-electron chi connectivity index (χ1n) is 6.04. The Kier molecular flexibility index (Phi) is 3.27. The summed E-state index contributed by atoms with van der Waals surface area (Å²) in [6.45, 7) is 4.39. The van der Waals surface area contributed by atoms with E-state index < -0.39 is 5.54 Å². The van der Waals surface area contributed by atoms with Crippen molar-refractivity contribution in [2.75, 3.05) is 11.9 Å². The molecule has 1 aromatic carbocycles. The number of para-hydroxylation sites is 1. The Balaban J connectivity index is 2.24. The van der Waals surface area contributed by atoms with Gasteiger partial charge in [-0.3, -0.25) is 0 Å². The fourth-order valence-electron chi connectivity index (χ4n) is 2.42. The molecule has 1 aliphatic rings. The number of hydrogen-bond donors (Lipinski definition) is 1. The van der Waals surface area contributed by atoms with Crippen LogP contribution in [0.5, 0.6) is 0 Å². The summed E-state index contributed by atoms with van der Waals surface area (Å²) < 4.78 is 19.2. The third-order valence-corrected chi connectivity index (χ3v) is 3.21. The molecule has 1 unspecified atom stereocenters. The summed E-state index contributed by atoms with van der Waals surface area (Å²) >= 11 is 0. The zero-order valence-electron chi connectivity index (χ0n) is 10.7. The highest BCUT2D eigenvalue weighted by Crippen LogP contribution is 2.34. The van der Waals surface area contributed by atoms with Crippen LogP contribution in [0.25, 0.3) is 0 Å². The van der Waals surface area contributed by atoms with Crippen molar-refractivity contribution < 1.29 is 9.13 Å². The van der Waals surface area contributed by atoms with E-state index in [1.54, 1.807) is 18.2 Å². The Morgan fingerprint density at radius 1 is 1.39 bits per heavy atom. The molecule has 0 aromatic heterocycles. The van der Waals surface area contributed by atoms with Gasteiger partial charge in [-0.05, 0) is 26.0 Å². The van der Waals surface area contributed by atoms with Gasteiger partial charge in [-0.25, -0.2) is 4.39 Å². The lowest BCUT2D eigenvalue weighted by Gasteiger charge is -2.41. The maximum absolute atomic E-state index is 13.6. The minimum Gasteiger partial charge on any atom is -0.375 e. The van der Waals surface area contributed by atoms with Crippen LogP contribution in [0, 0.1) is 17.1 Å². The van der Waals surface area contributed by atoms with Gasteiger partial charge in [-0.1, -0.05) is 12.1 Å². The largest absolute Gasteiger partial charge is 0.375 e. The summed E-state index contributed by atoms with van der Waals surface area (Å²) in [7, 11) is 0. The fourth-order valence-corrected chi connectivity index (χ4v) is 2.42. The third kappa shape index (κ3) is 2.62. The standard InChI is InChI=1S/C14H17FN2O/c1-13(2)9-14(10-16,7-8-18-13)17-12-6-4-3-5-11(12)15/h3-6,17H,7-9H2,1-2H3. The normalized spacial score (nSPS) is 26.3. The van der Waals surface area contributed by atoms with Crippen LogP contribution >= 0.6 is 0 Å². The van der Waals surface area contributed by atoms with Gasteiger partial charge < -0.3 is 10.1 Å². The van der Waals surface area contributed by atoms with Crippen molar-refractivity contribution in [3.63, 3.8) is 0 Å². The molecule has 18 heavy (non-hydrogen) atoms. The molecule has 0 saturated carbocycles. The number of halogens is 1. The second-order valence-electron chi connectivity index (χ2n) is 5.33. The van der Waals surface area contributed by atoms with Crippen LogP contribution in [0.3, 0.4) is 0 Å². The molecule has 0 amide bonds. The van der Waals surface area contributed by atoms with Gasteiger partial charge in [0.1, 0.15) is 11.4 Å². The van der Waals surface area contributed by atoms with Gasteiger partial charge >= 0.3 is 0 Å². The van der Waals surface area contributed by atoms with Crippen LogP contribution < -0.4 is 5.32 Å². The molecule has 1 saturated heterocycles. The molecule has 0 spiro atoms. The number of hydrogen-bond acceptors (Lipinski definition) is 3. The molecule has 0 aliphatic carbocycles. The lowest BCUT2D eigenvalue weighted by Crippen LogP contribution is -2.50. The molecule has 4 heteroatoms. The first-order valence-corrected chi connectivity index (χ1v) is 6.04. The predicted molar refractivity (Wildman–Crippen MR) is 67.6 cm³/mol. The summed E-state index contributed by atoms with van der Waals surface area (Å²) in [5.41, 5.74) is -0.757. The second-order valence-corrected chi connectivity index (χ2v) is 5.33. The van der Waals surface area contributed by atoms with Gasteiger partial charge in [-0.2, -0.15) is 5.26 Å². The molecule has 1 N–H and O–H groups in total. The average Bonchev–Trinajstić information content (AvgIpc) is 2.31. The molecular formula is C14H17FN2O. The van der Waals surface area contributed by atoms with Gasteiger partial charge in [0.05, 0.1) is 24.0 Å². The number of rotatable bonds is 2. The van der Waals surface area contributed by atoms with Crippen molar-refractivity contribution in [1.29, 1.82) is 5.26 Å². The van der Waals surface area contributed by atoms with Crippen molar-refractivity contribution in [1.82, 2.24) is 0 Å². The highest BCUT2D eigenvalue weighted by molar-refractivity contribution is 5.49. The molecule has 2 rings (SSSR count). The van der Waals surface area contributed by atoms with E-state index in [4.69, 9.17) is 4.74 Å². The zero-order valence-corrected chi connectivity index (χ0v) is 10.7. The van der Waals surface area contributed by atoms with Crippen molar-refractivity contribution in [3.8, 4) is 6.07 Å². The van der Waals surface area contributed by atoms with Crippen molar-refractivity contribution in [3.05, 3.63) is 30.1 Å². The maximum Gasteiger partial charge on any atom is 0.146 e. The van der Waals surface area contributed by atoms with E-state index in [2.05, 4.69) is 11.4 Å². The monoisotopic (exact) mass is 248 g/mol. The quantitative estimate of drug-likeness (QED) is 0.874. The van der Waals surface area contributed by atoms with Crippen LogP contribution in [0.2, 0.25) is 0 Å². The first kappa shape index (κ1) is 12.8. The summed E-state index contributed by atoms with van der Waals surface area (Å²) in [5.74, 6) is -0.337. The summed E-state index contributed by atoms with van der Waals surface area (Å²) in [4.78, 5) is 0. The highest BCUT2D eigenvalue weighted by atomic mass is 19.1. The van der Waals surface area contributed by atoms with E-state index in [1.807, 2.05) is 13.8 Å². The SMILES string of the molecule is CC1(C)CC(C#N)(Nc2ccccc2F)CCO1. The smallest absolute Gasteiger partial charge is 0.146 e. The number of benzene rings is 1. The summed E-state index contributed by atoms with van der Waals surface area (Å²) in [5, 5.41) is 12.5. The van der Waals surface area contributed by atoms with E-state index in [1.165, 1.54) is 6.07 Å². The molecule has 1 aliphatic heterocycles. The number of ether oxygens (including phenoxy) is 1. The second kappa shape index (κ2) is 4.58. The maximum atomic E-state index is 13.6. The van der Waals surface area contributed by atoms with Crippen molar-refractivity contribution in [2.45, 2.75) is 37.8 Å². The molecule has 1 atom stereocenters. The van der Waals surface area contributed by atoms with Crippen LogP contribution in [0.15, 0.2) is 24.3 Å². The predicted octanol–water partition coefficient (Wildman–Crippen LogP) is 3.09. The Labute approximate surface area is 107 Å². The zero-order chi connectivity index (χ0) is 13.2. The minimum atomic E-state index is -0.760. The highest BCUT2D eigenvalue weighted by Gasteiger charge is 2.41. The van der Waals surface area contributed by atoms with Crippen LogP contribution in [0.4, 0.5) is 10.1 Å². The van der Waals surface area contributed by atoms with E-state index in [-0.39, 0.29) is 11.4 Å². The van der Waals surface area contributed by atoms with Gasteiger partial charge in [0.2, 0.25) is 0 Å². The number of nitrogens with one attached hydrogen (secondary N) is 1. The number of anilines is 1. The van der Waals surface area contributed by atoms with Crippen LogP contribution in [-0.4, -0.2) is 17.7 Å². The lowest BCUT2D eigenvalue weighted by molar-refractivity contribution is -0.0659.